The van der Waals surface area contributed by atoms with Crippen molar-refractivity contribution < 1.29 is 8.42 Å². The molecule has 0 saturated heterocycles. The first-order valence-electron chi connectivity index (χ1n) is 6.21. The highest BCUT2D eigenvalue weighted by Crippen LogP contribution is 2.33. The maximum atomic E-state index is 12.8. The van der Waals surface area contributed by atoms with Crippen molar-refractivity contribution in [1.29, 1.82) is 0 Å². The Balaban J connectivity index is 2.53. The zero-order valence-corrected chi connectivity index (χ0v) is 14.8. The molecule has 0 aliphatic heterocycles. The minimum atomic E-state index is -3.52. The zero-order chi connectivity index (χ0) is 14.9. The molecule has 2 aromatic rings. The molecule has 0 amide bonds. The Kier molecular flexibility index (Phi) is 4.56. The van der Waals surface area contributed by atoms with E-state index in [1.54, 1.807) is 6.07 Å². The van der Waals surface area contributed by atoms with E-state index in [-0.39, 0.29) is 0 Å². The van der Waals surface area contributed by atoms with Gasteiger partial charge in [-0.05, 0) is 60.5 Å². The Bertz CT molecular complexity index is 723. The number of aryl methyl sites for hydroxylation is 2. The summed E-state index contributed by atoms with van der Waals surface area (Å²) in [5, 5.41) is 0. The van der Waals surface area contributed by atoms with Crippen LogP contribution in [0.4, 0.5) is 5.69 Å². The fraction of sp³-hybridized carbons (Fsp3) is 0.286. The number of hydrogen-bond acceptors (Lipinski definition) is 3. The van der Waals surface area contributed by atoms with Crippen molar-refractivity contribution in [2.45, 2.75) is 25.7 Å². The molecule has 0 unspecified atom stereocenters. The summed E-state index contributed by atoms with van der Waals surface area (Å²) in [6.07, 6.45) is 0. The van der Waals surface area contributed by atoms with E-state index in [1.807, 2.05) is 45.0 Å². The second-order valence-corrected chi connectivity index (χ2v) is 8.95. The van der Waals surface area contributed by atoms with Crippen LogP contribution in [0.2, 0.25) is 0 Å². The third-order valence-corrected chi connectivity index (χ3v) is 6.70. The van der Waals surface area contributed by atoms with Gasteiger partial charge in [-0.1, -0.05) is 12.1 Å². The third-order valence-electron chi connectivity index (χ3n) is 2.99. The lowest BCUT2D eigenvalue weighted by Gasteiger charge is -2.23. The van der Waals surface area contributed by atoms with E-state index in [9.17, 15) is 8.42 Å². The molecule has 0 saturated carbocycles. The number of thiophene rings is 1. The Morgan fingerprint density at radius 3 is 2.45 bits per heavy atom. The maximum Gasteiger partial charge on any atom is 0.265 e. The molecule has 108 valence electrons. The van der Waals surface area contributed by atoms with Crippen LogP contribution in [0.15, 0.2) is 39.0 Å². The number of anilines is 1. The summed E-state index contributed by atoms with van der Waals surface area (Å²) < 4.78 is 27.9. The van der Waals surface area contributed by atoms with Gasteiger partial charge in [0.2, 0.25) is 0 Å². The molecule has 1 heterocycles. The lowest BCUT2D eigenvalue weighted by atomic mass is 10.2. The fourth-order valence-electron chi connectivity index (χ4n) is 2.08. The number of halogens is 1. The summed E-state index contributed by atoms with van der Waals surface area (Å²) >= 11 is 4.78. The van der Waals surface area contributed by atoms with E-state index in [1.165, 1.54) is 15.6 Å². The lowest BCUT2D eigenvalue weighted by Crippen LogP contribution is -2.30. The van der Waals surface area contributed by atoms with Crippen LogP contribution < -0.4 is 4.31 Å². The first kappa shape index (κ1) is 15.5. The Morgan fingerprint density at radius 2 is 1.95 bits per heavy atom. The largest absolute Gasteiger partial charge is 0.267 e. The van der Waals surface area contributed by atoms with E-state index < -0.39 is 10.0 Å². The summed E-state index contributed by atoms with van der Waals surface area (Å²) in [6, 6.07) is 9.21. The Hall–Kier alpha value is -0.850. The molecule has 2 rings (SSSR count). The van der Waals surface area contributed by atoms with Gasteiger partial charge in [0.05, 0.1) is 9.47 Å². The minimum absolute atomic E-state index is 0.373. The van der Waals surface area contributed by atoms with Gasteiger partial charge < -0.3 is 0 Å². The number of hydrogen-bond donors (Lipinski definition) is 0. The maximum absolute atomic E-state index is 12.8. The van der Waals surface area contributed by atoms with Gasteiger partial charge in [0.1, 0.15) is 4.90 Å². The van der Waals surface area contributed by atoms with Crippen molar-refractivity contribution in [2.75, 3.05) is 10.8 Å². The molecule has 0 radical (unpaired) electrons. The van der Waals surface area contributed by atoms with Gasteiger partial charge in [-0.3, -0.25) is 4.31 Å². The average molecular weight is 374 g/mol. The van der Waals surface area contributed by atoms with E-state index in [0.717, 1.165) is 14.2 Å². The van der Waals surface area contributed by atoms with Crippen LogP contribution in [0, 0.1) is 13.8 Å². The van der Waals surface area contributed by atoms with Gasteiger partial charge in [-0.25, -0.2) is 8.42 Å². The number of nitrogens with zero attached hydrogens (tertiary/aromatic N) is 1. The number of benzene rings is 1. The van der Waals surface area contributed by atoms with Crippen LogP contribution in [0.5, 0.6) is 0 Å². The molecular weight excluding hydrogens is 358 g/mol. The number of rotatable bonds is 4. The van der Waals surface area contributed by atoms with E-state index in [4.69, 9.17) is 0 Å². The molecule has 1 aromatic carbocycles. The minimum Gasteiger partial charge on any atom is -0.267 e. The zero-order valence-electron chi connectivity index (χ0n) is 11.6. The smallest absolute Gasteiger partial charge is 0.265 e. The van der Waals surface area contributed by atoms with Gasteiger partial charge in [-0.15, -0.1) is 11.3 Å². The molecule has 1 aromatic heterocycles. The Labute approximate surface area is 132 Å². The summed E-state index contributed by atoms with van der Waals surface area (Å²) in [7, 11) is -3.52. The lowest BCUT2D eigenvalue weighted by molar-refractivity contribution is 0.591. The van der Waals surface area contributed by atoms with Gasteiger partial charge in [0.25, 0.3) is 10.0 Å². The van der Waals surface area contributed by atoms with Crippen LogP contribution in [-0.4, -0.2) is 15.0 Å². The average Bonchev–Trinajstić information content (AvgIpc) is 2.70. The van der Waals surface area contributed by atoms with Gasteiger partial charge in [0, 0.05) is 11.4 Å². The summed E-state index contributed by atoms with van der Waals surface area (Å²) in [4.78, 5) is 1.17. The van der Waals surface area contributed by atoms with Gasteiger partial charge in [-0.2, -0.15) is 0 Å². The molecule has 6 heteroatoms. The molecule has 0 N–H and O–H groups in total. The van der Waals surface area contributed by atoms with Crippen molar-refractivity contribution in [3.05, 3.63) is 44.6 Å². The van der Waals surface area contributed by atoms with Crippen molar-refractivity contribution in [3.63, 3.8) is 0 Å². The summed E-state index contributed by atoms with van der Waals surface area (Å²) in [5.74, 6) is 0. The van der Waals surface area contributed by atoms with Crippen LogP contribution in [0.1, 0.15) is 17.4 Å². The van der Waals surface area contributed by atoms with Crippen molar-refractivity contribution in [2.24, 2.45) is 0 Å². The van der Waals surface area contributed by atoms with Crippen LogP contribution >= 0.6 is 27.3 Å². The molecule has 0 atom stereocenters. The highest BCUT2D eigenvalue weighted by molar-refractivity contribution is 9.11. The normalized spacial score (nSPS) is 11.6. The molecule has 0 spiro atoms. The molecule has 3 nitrogen and oxygen atoms in total. The quantitative estimate of drug-likeness (QED) is 0.798. The SMILES string of the molecule is CCN(c1cccc(C)c1)S(=O)(=O)c1cc(Br)sc1C. The molecule has 0 bridgehead atoms. The molecular formula is C14H16BrNO2S2. The van der Waals surface area contributed by atoms with E-state index >= 15 is 0 Å². The van der Waals surface area contributed by atoms with Crippen molar-refractivity contribution in [3.8, 4) is 0 Å². The highest BCUT2D eigenvalue weighted by Gasteiger charge is 2.26. The first-order valence-corrected chi connectivity index (χ1v) is 9.26. The summed E-state index contributed by atoms with van der Waals surface area (Å²) in [5.41, 5.74) is 1.74. The number of sulfonamides is 1. The fourth-order valence-corrected chi connectivity index (χ4v) is 5.93. The molecule has 0 fully saturated rings. The predicted molar refractivity (Wildman–Crippen MR) is 88.1 cm³/mol. The van der Waals surface area contributed by atoms with Crippen LogP contribution in [-0.2, 0) is 10.0 Å². The Morgan fingerprint density at radius 1 is 1.25 bits per heavy atom. The van der Waals surface area contributed by atoms with Crippen LogP contribution in [0.25, 0.3) is 0 Å². The second-order valence-electron chi connectivity index (χ2n) is 4.48. The van der Waals surface area contributed by atoms with Crippen LogP contribution in [0.3, 0.4) is 0 Å². The topological polar surface area (TPSA) is 37.4 Å². The summed E-state index contributed by atoms with van der Waals surface area (Å²) in [6.45, 7) is 6.03. The molecule has 0 aliphatic rings. The van der Waals surface area contributed by atoms with Gasteiger partial charge >= 0.3 is 0 Å². The van der Waals surface area contributed by atoms with Gasteiger partial charge in [0.15, 0.2) is 0 Å². The first-order chi connectivity index (χ1) is 9.36. The highest BCUT2D eigenvalue weighted by atomic mass is 79.9. The van der Waals surface area contributed by atoms with Crippen molar-refractivity contribution in [1.82, 2.24) is 0 Å². The predicted octanol–water partition coefficient (Wildman–Crippen LogP) is 4.34. The molecule has 0 aliphatic carbocycles. The van der Waals surface area contributed by atoms with Crippen molar-refractivity contribution >= 4 is 43.0 Å². The standard InChI is InChI=1S/C14H16BrNO2S2/c1-4-16(12-7-5-6-10(2)8-12)20(17,18)13-9-14(15)19-11(13)3/h5-9H,4H2,1-3H3. The second kappa shape index (κ2) is 5.87. The monoisotopic (exact) mass is 373 g/mol. The van der Waals surface area contributed by atoms with E-state index in [2.05, 4.69) is 15.9 Å². The third kappa shape index (κ3) is 2.92. The van der Waals surface area contributed by atoms with E-state index in [0.29, 0.717) is 17.1 Å². The molecule has 20 heavy (non-hydrogen) atoms.